The van der Waals surface area contributed by atoms with Crippen molar-refractivity contribution in [2.24, 2.45) is 17.3 Å². The minimum atomic E-state index is -1.76. The molecule has 0 aromatic carbocycles. The largest absolute Gasteiger partial charge is 0.481 e. The van der Waals surface area contributed by atoms with Gasteiger partial charge in [0.25, 0.3) is 0 Å². The predicted octanol–water partition coefficient (Wildman–Crippen LogP) is 5.07. The highest BCUT2D eigenvalue weighted by molar-refractivity contribution is 6.74. The summed E-state index contributed by atoms with van der Waals surface area (Å²) in [5, 5.41) is 9.45. The lowest BCUT2D eigenvalue weighted by molar-refractivity contribution is -0.139. The minimum Gasteiger partial charge on any atom is -0.481 e. The minimum absolute atomic E-state index is 0.170. The smallest absolute Gasteiger partial charge is 0.303 e. The molecule has 0 radical (unpaired) electrons. The fourth-order valence-electron chi connectivity index (χ4n) is 4.47. The second kappa shape index (κ2) is 5.93. The lowest BCUT2D eigenvalue weighted by Gasteiger charge is -2.48. The molecule has 128 valence electrons. The fraction of sp³-hybridized carbons (Fsp3) is 0.944. The highest BCUT2D eigenvalue weighted by Crippen LogP contribution is 2.58. The van der Waals surface area contributed by atoms with Gasteiger partial charge < -0.3 is 9.53 Å². The first-order valence-corrected chi connectivity index (χ1v) is 11.8. The highest BCUT2D eigenvalue weighted by Gasteiger charge is 2.53. The normalized spacial score (nSPS) is 36.2. The molecule has 2 aliphatic carbocycles. The molecule has 4 atom stereocenters. The third-order valence-corrected chi connectivity index (χ3v) is 11.4. The van der Waals surface area contributed by atoms with Crippen molar-refractivity contribution in [3.05, 3.63) is 0 Å². The van der Waals surface area contributed by atoms with E-state index in [9.17, 15) is 9.90 Å². The molecule has 0 aromatic rings. The zero-order valence-corrected chi connectivity index (χ0v) is 16.2. The molecule has 0 aromatic heterocycles. The van der Waals surface area contributed by atoms with E-state index in [4.69, 9.17) is 4.43 Å². The van der Waals surface area contributed by atoms with Crippen LogP contribution in [0.1, 0.15) is 66.2 Å². The van der Waals surface area contributed by atoms with E-state index in [1.54, 1.807) is 0 Å². The maximum Gasteiger partial charge on any atom is 0.303 e. The number of carboxylic acids is 1. The van der Waals surface area contributed by atoms with Gasteiger partial charge >= 0.3 is 5.97 Å². The lowest BCUT2D eigenvalue weighted by Crippen LogP contribution is -2.49. The van der Waals surface area contributed by atoms with Gasteiger partial charge in [0.1, 0.15) is 0 Å². The SMILES string of the molecule is CC(C)(C)[Si](C)(C)O[C@H]1CCC[C@]2(C)[C@H](CC(=O)O)CC[C@@H]12. The number of hydrogen-bond donors (Lipinski definition) is 1. The van der Waals surface area contributed by atoms with Crippen LogP contribution in [-0.4, -0.2) is 25.5 Å². The first-order chi connectivity index (χ1) is 9.97. The van der Waals surface area contributed by atoms with Crippen LogP contribution in [-0.2, 0) is 9.22 Å². The monoisotopic (exact) mass is 326 g/mol. The Labute approximate surface area is 137 Å². The summed E-state index contributed by atoms with van der Waals surface area (Å²) in [6.07, 6.45) is 6.40. The van der Waals surface area contributed by atoms with Crippen LogP contribution in [0, 0.1) is 17.3 Å². The summed E-state index contributed by atoms with van der Waals surface area (Å²) in [5.74, 6) is 0.250. The number of hydrogen-bond acceptors (Lipinski definition) is 2. The summed E-state index contributed by atoms with van der Waals surface area (Å²) in [6, 6.07) is 0. The van der Waals surface area contributed by atoms with Gasteiger partial charge in [0.15, 0.2) is 8.32 Å². The lowest BCUT2D eigenvalue weighted by atomic mass is 9.64. The maximum atomic E-state index is 11.2. The highest BCUT2D eigenvalue weighted by atomic mass is 28.4. The summed E-state index contributed by atoms with van der Waals surface area (Å²) in [5.41, 5.74) is 0.170. The van der Waals surface area contributed by atoms with Crippen molar-refractivity contribution in [2.45, 2.75) is 90.5 Å². The van der Waals surface area contributed by atoms with E-state index in [0.717, 1.165) is 19.3 Å². The quantitative estimate of drug-likeness (QED) is 0.734. The molecule has 2 rings (SSSR count). The number of carbonyl (C=O) groups is 1. The molecule has 2 saturated carbocycles. The van der Waals surface area contributed by atoms with Crippen molar-refractivity contribution < 1.29 is 14.3 Å². The zero-order valence-electron chi connectivity index (χ0n) is 15.2. The van der Waals surface area contributed by atoms with E-state index in [2.05, 4.69) is 40.8 Å². The Kier molecular flexibility index (Phi) is 4.85. The molecule has 0 heterocycles. The van der Waals surface area contributed by atoms with Gasteiger partial charge in [-0.3, -0.25) is 4.79 Å². The van der Waals surface area contributed by atoms with Gasteiger partial charge in [-0.1, -0.05) is 34.1 Å². The molecule has 0 saturated heterocycles. The Morgan fingerprint density at radius 1 is 1.27 bits per heavy atom. The van der Waals surface area contributed by atoms with E-state index in [-0.39, 0.29) is 10.5 Å². The van der Waals surface area contributed by atoms with Crippen molar-refractivity contribution in [3.63, 3.8) is 0 Å². The third kappa shape index (κ3) is 3.28. The molecule has 1 N–H and O–H groups in total. The molecule has 0 spiro atoms. The Morgan fingerprint density at radius 3 is 2.45 bits per heavy atom. The van der Waals surface area contributed by atoms with E-state index < -0.39 is 14.3 Å². The van der Waals surface area contributed by atoms with Crippen LogP contribution in [0.3, 0.4) is 0 Å². The van der Waals surface area contributed by atoms with Crippen LogP contribution in [0.15, 0.2) is 0 Å². The van der Waals surface area contributed by atoms with Crippen LogP contribution in [0.4, 0.5) is 0 Å². The number of rotatable bonds is 4. The van der Waals surface area contributed by atoms with Crippen molar-refractivity contribution in [2.75, 3.05) is 0 Å². The number of fused-ring (bicyclic) bond motifs is 1. The molecule has 0 unspecified atom stereocenters. The summed E-state index contributed by atoms with van der Waals surface area (Å²) in [7, 11) is -1.76. The molecule has 2 aliphatic rings. The molecule has 0 amide bonds. The molecular formula is C18H34O3Si. The molecule has 0 bridgehead atoms. The molecule has 0 aliphatic heterocycles. The molecule has 4 heteroatoms. The van der Waals surface area contributed by atoms with Crippen LogP contribution in [0.25, 0.3) is 0 Å². The number of carboxylic acid groups (broad SMARTS) is 1. The zero-order chi connectivity index (χ0) is 16.8. The molecule has 22 heavy (non-hydrogen) atoms. The van der Waals surface area contributed by atoms with E-state index in [0.29, 0.717) is 24.4 Å². The first-order valence-electron chi connectivity index (χ1n) is 8.87. The predicted molar refractivity (Wildman–Crippen MR) is 92.5 cm³/mol. The topological polar surface area (TPSA) is 46.5 Å². The van der Waals surface area contributed by atoms with Crippen LogP contribution >= 0.6 is 0 Å². The molecule has 2 fully saturated rings. The van der Waals surface area contributed by atoms with Gasteiger partial charge in [0.05, 0.1) is 0 Å². The summed E-state index contributed by atoms with van der Waals surface area (Å²) >= 11 is 0. The molecular weight excluding hydrogens is 292 g/mol. The Hall–Kier alpha value is -0.353. The summed E-state index contributed by atoms with van der Waals surface area (Å²) < 4.78 is 6.77. The summed E-state index contributed by atoms with van der Waals surface area (Å²) in [4.78, 5) is 11.2. The van der Waals surface area contributed by atoms with Gasteiger partial charge in [-0.2, -0.15) is 0 Å². The average Bonchev–Trinajstić information content (AvgIpc) is 2.65. The van der Waals surface area contributed by atoms with Crippen molar-refractivity contribution in [3.8, 4) is 0 Å². The van der Waals surface area contributed by atoms with Crippen LogP contribution in [0.5, 0.6) is 0 Å². The Bertz CT molecular complexity index is 427. The van der Waals surface area contributed by atoms with Crippen molar-refractivity contribution in [1.82, 2.24) is 0 Å². The standard InChI is InChI=1S/C18H34O3Si/c1-17(2,3)22(5,6)21-15-8-7-11-18(4)13(12-16(19)20)9-10-14(15)18/h13-15H,7-12H2,1-6H3,(H,19,20)/t13-,14-,15-,18+/m0/s1. The van der Waals surface area contributed by atoms with Crippen molar-refractivity contribution in [1.29, 1.82) is 0 Å². The fourth-order valence-corrected chi connectivity index (χ4v) is 5.86. The first kappa shape index (κ1) is 18.0. The van der Waals surface area contributed by atoms with Gasteiger partial charge in [0, 0.05) is 12.5 Å². The van der Waals surface area contributed by atoms with Gasteiger partial charge in [-0.05, 0) is 61.1 Å². The summed E-state index contributed by atoms with van der Waals surface area (Å²) in [6.45, 7) is 13.9. The van der Waals surface area contributed by atoms with Crippen LogP contribution in [0.2, 0.25) is 18.1 Å². The van der Waals surface area contributed by atoms with E-state index in [1.165, 1.54) is 12.8 Å². The van der Waals surface area contributed by atoms with Gasteiger partial charge in [-0.25, -0.2) is 0 Å². The van der Waals surface area contributed by atoms with Gasteiger partial charge in [0.2, 0.25) is 0 Å². The van der Waals surface area contributed by atoms with E-state index >= 15 is 0 Å². The van der Waals surface area contributed by atoms with Crippen LogP contribution < -0.4 is 0 Å². The molecule has 3 nitrogen and oxygen atoms in total. The Balaban J connectivity index is 2.15. The Morgan fingerprint density at radius 2 is 1.91 bits per heavy atom. The third-order valence-electron chi connectivity index (χ3n) is 6.93. The van der Waals surface area contributed by atoms with Gasteiger partial charge in [-0.15, -0.1) is 0 Å². The average molecular weight is 327 g/mol. The maximum absolute atomic E-state index is 11.2. The van der Waals surface area contributed by atoms with Crippen molar-refractivity contribution >= 4 is 14.3 Å². The second-order valence-electron chi connectivity index (χ2n) is 9.29. The number of aliphatic carboxylic acids is 1. The second-order valence-corrected chi connectivity index (χ2v) is 14.0. The van der Waals surface area contributed by atoms with E-state index in [1.807, 2.05) is 0 Å².